The summed E-state index contributed by atoms with van der Waals surface area (Å²) < 4.78 is 54.8. The number of aliphatic hydroxyl groups excluding tert-OH is 4. The molecule has 0 saturated carbocycles. The molecular weight excluding hydrogens is 592 g/mol. The van der Waals surface area contributed by atoms with Gasteiger partial charge in [-0.1, -0.05) is 0 Å². The number of aliphatic hydroxyl groups is 4. The Morgan fingerprint density at radius 2 is 1.77 bits per heavy atom. The maximum atomic E-state index is 12.5. The molecule has 228 valence electrons. The first-order chi connectivity index (χ1) is 18.6. The molecule has 20 nitrogen and oxygen atoms in total. The zero-order valence-corrected chi connectivity index (χ0v) is 22.6. The number of phosphoric ester groups is 2. The highest BCUT2D eigenvalue weighted by Crippen LogP contribution is 2.61. The Labute approximate surface area is 224 Å². The largest absolute Gasteiger partial charge is 0.483 e. The van der Waals surface area contributed by atoms with Crippen LogP contribution in [0.2, 0.25) is 0 Å². The van der Waals surface area contributed by atoms with Crippen LogP contribution in [0.5, 0.6) is 0 Å². The van der Waals surface area contributed by atoms with Gasteiger partial charge in [-0.25, -0.2) is 13.9 Å². The summed E-state index contributed by atoms with van der Waals surface area (Å²) >= 11 is 0. The number of amides is 1. The molecule has 0 bridgehead atoms. The number of aromatic nitrogens is 2. The van der Waals surface area contributed by atoms with Crippen molar-refractivity contribution in [1.82, 2.24) is 14.9 Å². The second kappa shape index (κ2) is 13.0. The average molecular weight is 621 g/mol. The number of nitrogens with zero attached hydrogens (tertiary/aromatic N) is 1. The molecule has 0 radical (unpaired) electrons. The van der Waals surface area contributed by atoms with Gasteiger partial charge in [0.25, 0.3) is 5.56 Å². The molecule has 1 amide bonds. The lowest BCUT2D eigenvalue weighted by Gasteiger charge is -2.43. The zero-order valence-electron chi connectivity index (χ0n) is 20.8. The fourth-order valence-electron chi connectivity index (χ4n) is 4.03. The summed E-state index contributed by atoms with van der Waals surface area (Å²) in [5.74, 6) is -0.733. The van der Waals surface area contributed by atoms with Gasteiger partial charge in [0.1, 0.15) is 42.7 Å². The van der Waals surface area contributed by atoms with Crippen LogP contribution in [0.15, 0.2) is 21.9 Å². The zero-order chi connectivity index (χ0) is 30.0. The van der Waals surface area contributed by atoms with Gasteiger partial charge in [0.15, 0.2) is 12.5 Å². The van der Waals surface area contributed by atoms with Crippen molar-refractivity contribution in [2.24, 2.45) is 0 Å². The first kappa shape index (κ1) is 32.6. The second-order valence-electron chi connectivity index (χ2n) is 8.63. The van der Waals surface area contributed by atoms with Gasteiger partial charge in [-0.05, 0) is 0 Å². The van der Waals surface area contributed by atoms with E-state index in [0.717, 1.165) is 30.9 Å². The lowest BCUT2D eigenvalue weighted by Crippen LogP contribution is -2.64. The number of carbonyl (C=O) groups excluding carboxylic acids is 1. The van der Waals surface area contributed by atoms with Crippen molar-refractivity contribution >= 4 is 21.6 Å². The quantitative estimate of drug-likeness (QED) is 0.109. The number of hydrogen-bond acceptors (Lipinski definition) is 15. The number of H-pyrrole nitrogens is 1. The first-order valence-electron chi connectivity index (χ1n) is 11.4. The van der Waals surface area contributed by atoms with Gasteiger partial charge in [-0.3, -0.25) is 28.2 Å². The predicted octanol–water partition coefficient (Wildman–Crippen LogP) is -4.00. The molecule has 0 spiro atoms. The molecule has 0 aromatic carbocycles. The molecule has 22 heteroatoms. The minimum absolute atomic E-state index is 0.733. The number of rotatable bonds is 11. The van der Waals surface area contributed by atoms with Gasteiger partial charge in [0.05, 0.1) is 13.2 Å². The Kier molecular flexibility index (Phi) is 10.6. The van der Waals surface area contributed by atoms with Crippen molar-refractivity contribution in [2.45, 2.75) is 62.1 Å². The summed E-state index contributed by atoms with van der Waals surface area (Å²) in [6.45, 7) is -0.735. The average Bonchev–Trinajstić information content (AvgIpc) is 3.12. The van der Waals surface area contributed by atoms with Gasteiger partial charge in [0, 0.05) is 26.3 Å². The number of nitrogens with one attached hydrogen (secondary N) is 2. The third kappa shape index (κ3) is 7.69. The third-order valence-electron chi connectivity index (χ3n) is 5.80. The molecule has 7 unspecified atom stereocenters. The molecule has 2 saturated heterocycles. The molecule has 1 aromatic heterocycles. The number of aromatic amines is 1. The third-order valence-corrected chi connectivity index (χ3v) is 8.40. The number of carbonyl (C=O) groups is 1. The minimum Gasteiger partial charge on any atom is -0.394 e. The van der Waals surface area contributed by atoms with Gasteiger partial charge in [0.2, 0.25) is 5.91 Å². The summed E-state index contributed by atoms with van der Waals surface area (Å²) in [5.41, 5.74) is -1.74. The van der Waals surface area contributed by atoms with Crippen LogP contribution in [-0.4, -0.2) is 115 Å². The van der Waals surface area contributed by atoms with Crippen molar-refractivity contribution in [3.63, 3.8) is 0 Å². The highest BCUT2D eigenvalue weighted by molar-refractivity contribution is 7.61. The van der Waals surface area contributed by atoms with E-state index in [1.54, 1.807) is 0 Å². The highest BCUT2D eigenvalue weighted by atomic mass is 31.3. The summed E-state index contributed by atoms with van der Waals surface area (Å²) in [5, 5.41) is 42.7. The molecular formula is C18H29N3O17P2. The molecule has 2 aliphatic rings. The maximum Gasteiger partial charge on any atom is 0.483 e. The maximum absolute atomic E-state index is 12.5. The Balaban J connectivity index is 1.67. The standard InChI is InChI=1S/C18H29N3O17P2/c1-7(23)19-11-13(26)15(33-2)8(5-22)36-17(11)37-40(31,32)38-39(29,30)34-6-9-12(25)14(27)16(35-9)21-4-3-10(24)20-18(21)28/h3-4,8-9,11-17,22,25-27H,5-6H2,1-2H3,(H,19,23)(H,29,30)(H,31,32)(H,20,24,28)/t8?,9-,11?,12-,13?,14-,15?,16-,17?/m1/s1. The van der Waals surface area contributed by atoms with Crippen LogP contribution < -0.4 is 16.6 Å². The summed E-state index contributed by atoms with van der Waals surface area (Å²) in [6, 6.07) is -0.628. The van der Waals surface area contributed by atoms with Crippen LogP contribution in [0.25, 0.3) is 0 Å². The van der Waals surface area contributed by atoms with Crippen LogP contribution >= 0.6 is 15.6 Å². The highest BCUT2D eigenvalue weighted by Gasteiger charge is 2.51. The molecule has 0 aliphatic carbocycles. The molecule has 1 aromatic rings. The number of methoxy groups -OCH3 is 1. The Hall–Kier alpha value is -1.87. The lowest BCUT2D eigenvalue weighted by molar-refractivity contribution is -0.253. The molecule has 8 N–H and O–H groups in total. The Bertz CT molecular complexity index is 1260. The van der Waals surface area contributed by atoms with Crippen molar-refractivity contribution in [1.29, 1.82) is 0 Å². The second-order valence-corrected chi connectivity index (χ2v) is 11.6. The summed E-state index contributed by atoms with van der Waals surface area (Å²) in [7, 11) is -9.93. The van der Waals surface area contributed by atoms with Gasteiger partial charge < -0.3 is 49.7 Å². The smallest absolute Gasteiger partial charge is 0.394 e. The van der Waals surface area contributed by atoms with Crippen LogP contribution in [0.1, 0.15) is 13.2 Å². The molecule has 3 rings (SSSR count). The summed E-state index contributed by atoms with van der Waals surface area (Å²) in [4.78, 5) is 56.8. The van der Waals surface area contributed by atoms with Crippen LogP contribution in [0.3, 0.4) is 0 Å². The van der Waals surface area contributed by atoms with Gasteiger partial charge in [-0.15, -0.1) is 0 Å². The minimum atomic E-state index is -5.59. The van der Waals surface area contributed by atoms with E-state index < -0.39 is 101 Å². The van der Waals surface area contributed by atoms with Crippen molar-refractivity contribution < 1.29 is 71.7 Å². The number of ether oxygens (including phenoxy) is 3. The first-order valence-corrected chi connectivity index (χ1v) is 14.4. The predicted molar refractivity (Wildman–Crippen MR) is 125 cm³/mol. The van der Waals surface area contributed by atoms with Crippen molar-refractivity contribution in [3.05, 3.63) is 33.1 Å². The molecule has 3 heterocycles. The van der Waals surface area contributed by atoms with E-state index >= 15 is 0 Å². The Morgan fingerprint density at radius 1 is 1.10 bits per heavy atom. The van der Waals surface area contributed by atoms with Crippen LogP contribution in [0.4, 0.5) is 0 Å². The normalized spacial score (nSPS) is 35.5. The molecule has 11 atom stereocenters. The van der Waals surface area contributed by atoms with E-state index in [-0.39, 0.29) is 0 Å². The topological polar surface area (TPSA) is 295 Å². The Morgan fingerprint density at radius 3 is 2.35 bits per heavy atom. The van der Waals surface area contributed by atoms with Crippen molar-refractivity contribution in [3.8, 4) is 0 Å². The fraction of sp³-hybridized carbons (Fsp3) is 0.722. The molecule has 2 aliphatic heterocycles. The summed E-state index contributed by atoms with van der Waals surface area (Å²) in [6.07, 6.45) is -11.9. The molecule has 40 heavy (non-hydrogen) atoms. The van der Waals surface area contributed by atoms with E-state index in [1.165, 1.54) is 0 Å². The van der Waals surface area contributed by atoms with E-state index in [1.807, 2.05) is 4.98 Å². The molecule has 2 fully saturated rings. The van der Waals surface area contributed by atoms with Crippen LogP contribution in [-0.2, 0) is 41.5 Å². The monoisotopic (exact) mass is 621 g/mol. The van der Waals surface area contributed by atoms with Crippen molar-refractivity contribution in [2.75, 3.05) is 20.3 Å². The van der Waals surface area contributed by atoms with E-state index in [2.05, 4.69) is 14.2 Å². The lowest BCUT2D eigenvalue weighted by atomic mass is 9.97. The van der Waals surface area contributed by atoms with E-state index in [0.29, 0.717) is 0 Å². The fourth-order valence-corrected chi connectivity index (χ4v) is 6.20. The van der Waals surface area contributed by atoms with Gasteiger partial charge >= 0.3 is 21.3 Å². The van der Waals surface area contributed by atoms with E-state index in [9.17, 15) is 53.7 Å². The number of hydrogen-bond donors (Lipinski definition) is 8. The van der Waals surface area contributed by atoms with Gasteiger partial charge in [-0.2, -0.15) is 4.31 Å². The SMILES string of the molecule is COC1C(CO)OC(OP(=O)(O)OP(=O)(O)OC[C@H]2O[C@@H](n3ccc(=O)[nH]c3=O)[C@H](O)[C@@H]2O)C(NC(C)=O)C1O. The van der Waals surface area contributed by atoms with E-state index in [4.69, 9.17) is 18.7 Å². The van der Waals surface area contributed by atoms with Crippen LogP contribution in [0, 0.1) is 0 Å². The number of phosphoric acid groups is 2.